The molecule has 52 valence electrons. The van der Waals surface area contributed by atoms with E-state index < -0.39 is 18.5 Å². The summed E-state index contributed by atoms with van der Waals surface area (Å²) in [5.41, 5.74) is 0. The van der Waals surface area contributed by atoms with Gasteiger partial charge in [-0.25, -0.2) is 4.79 Å². The second-order valence-electron chi connectivity index (χ2n) is 1.17. The Morgan fingerprint density at radius 2 is 2.00 bits per heavy atom. The van der Waals surface area contributed by atoms with Crippen molar-refractivity contribution in [1.82, 2.24) is 0 Å². The molecule has 1 N–H and O–H groups in total. The molecule has 0 rings (SSSR count). The molecule has 0 heterocycles. The van der Waals surface area contributed by atoms with E-state index in [0.717, 1.165) is 6.92 Å². The van der Waals surface area contributed by atoms with Crippen LogP contribution in [-0.2, 0) is 14.3 Å². The molecule has 5 heteroatoms. The maximum atomic E-state index is 9.86. The summed E-state index contributed by atoms with van der Waals surface area (Å²) in [5, 5.41) is 7.89. The van der Waals surface area contributed by atoms with Crippen molar-refractivity contribution in [2.24, 2.45) is 0 Å². The van der Waals surface area contributed by atoms with Gasteiger partial charge in [-0.15, -0.1) is 0 Å². The average molecular weight is 148 g/mol. The molecule has 0 fully saturated rings. The molecule has 0 aromatic rings. The molecule has 0 radical (unpaired) electrons. The lowest BCUT2D eigenvalue weighted by atomic mass is 10.7. The van der Waals surface area contributed by atoms with Gasteiger partial charge in [-0.1, -0.05) is 0 Å². The molecule has 0 saturated carbocycles. The van der Waals surface area contributed by atoms with Gasteiger partial charge in [-0.2, -0.15) is 0 Å². The second kappa shape index (κ2) is 5.61. The highest BCUT2D eigenvalue weighted by Gasteiger charge is 1.97. The number of aliphatic carboxylic acids is 1. The molecule has 0 aromatic heterocycles. The van der Waals surface area contributed by atoms with Gasteiger partial charge in [-0.05, 0) is 0 Å². The summed E-state index contributed by atoms with van der Waals surface area (Å²) in [4.78, 5) is 19.5. The molecule has 0 unspecified atom stereocenters. The Hall–Kier alpha value is -0.528. The van der Waals surface area contributed by atoms with Crippen molar-refractivity contribution < 1.29 is 19.4 Å². The first-order valence-corrected chi connectivity index (χ1v) is 1.98. The standard InChI is InChI=1S/C4H6O4.Al.3H/c1-3(5)8-2-4(6)7;;;;/h2H2,1H3,(H,6,7);;;;. The van der Waals surface area contributed by atoms with Gasteiger partial charge in [0.1, 0.15) is 0 Å². The summed E-state index contributed by atoms with van der Waals surface area (Å²) < 4.78 is 4.06. The molecule has 0 aliphatic carbocycles. The van der Waals surface area contributed by atoms with Crippen LogP contribution in [-0.4, -0.2) is 41.0 Å². The molecular formula is C4H9AlO4. The minimum absolute atomic E-state index is 0. The highest BCUT2D eigenvalue weighted by Crippen LogP contribution is 1.73. The lowest BCUT2D eigenvalue weighted by molar-refractivity contribution is -0.153. The predicted octanol–water partition coefficient (Wildman–Crippen LogP) is -1.55. The van der Waals surface area contributed by atoms with E-state index in [9.17, 15) is 9.59 Å². The number of rotatable bonds is 2. The fourth-order valence-corrected chi connectivity index (χ4v) is 0.163. The first-order chi connectivity index (χ1) is 3.63. The maximum Gasteiger partial charge on any atom is 0.341 e. The topological polar surface area (TPSA) is 63.6 Å². The van der Waals surface area contributed by atoms with Crippen molar-refractivity contribution in [1.29, 1.82) is 0 Å². The first kappa shape index (κ1) is 11.3. The van der Waals surface area contributed by atoms with E-state index in [2.05, 4.69) is 4.74 Å². The lowest BCUT2D eigenvalue weighted by Crippen LogP contribution is -2.09. The minimum atomic E-state index is -1.14. The smallest absolute Gasteiger partial charge is 0.341 e. The molecule has 0 aliphatic heterocycles. The van der Waals surface area contributed by atoms with Gasteiger partial charge in [0.15, 0.2) is 24.0 Å². The van der Waals surface area contributed by atoms with Crippen molar-refractivity contribution in [3.8, 4) is 0 Å². The van der Waals surface area contributed by atoms with Gasteiger partial charge >= 0.3 is 11.9 Å². The van der Waals surface area contributed by atoms with Crippen LogP contribution in [0.4, 0.5) is 0 Å². The van der Waals surface area contributed by atoms with Crippen LogP contribution in [0, 0.1) is 0 Å². The third-order valence-corrected chi connectivity index (χ3v) is 0.399. The number of ether oxygens (including phenoxy) is 1. The zero-order valence-corrected chi connectivity index (χ0v) is 4.38. The van der Waals surface area contributed by atoms with Gasteiger partial charge in [0.2, 0.25) is 0 Å². The number of carboxylic acids is 1. The molecule has 0 aliphatic rings. The van der Waals surface area contributed by atoms with Crippen LogP contribution in [0.5, 0.6) is 0 Å². The largest absolute Gasteiger partial charge is 0.479 e. The minimum Gasteiger partial charge on any atom is -0.479 e. The molecule has 0 saturated heterocycles. The summed E-state index contributed by atoms with van der Waals surface area (Å²) in [7, 11) is 0. The van der Waals surface area contributed by atoms with Gasteiger partial charge in [-0.3, -0.25) is 4.79 Å². The first-order valence-electron chi connectivity index (χ1n) is 1.98. The quantitative estimate of drug-likeness (QED) is 0.380. The summed E-state index contributed by atoms with van der Waals surface area (Å²) in [5.74, 6) is -1.72. The van der Waals surface area contributed by atoms with Crippen molar-refractivity contribution >= 4 is 29.3 Å². The molecule has 9 heavy (non-hydrogen) atoms. The molecule has 0 aromatic carbocycles. The van der Waals surface area contributed by atoms with Crippen LogP contribution in [0.2, 0.25) is 0 Å². The SMILES string of the molecule is CC(=O)OCC(=O)O.[AlH3]. The van der Waals surface area contributed by atoms with E-state index in [4.69, 9.17) is 5.11 Å². The predicted molar refractivity (Wildman–Crippen MR) is 34.2 cm³/mol. The lowest BCUT2D eigenvalue weighted by Gasteiger charge is -1.92. The second-order valence-corrected chi connectivity index (χ2v) is 1.17. The third-order valence-electron chi connectivity index (χ3n) is 0.399. The summed E-state index contributed by atoms with van der Waals surface area (Å²) >= 11 is 0. The van der Waals surface area contributed by atoms with E-state index in [-0.39, 0.29) is 17.4 Å². The molecule has 4 nitrogen and oxygen atoms in total. The van der Waals surface area contributed by atoms with Crippen molar-refractivity contribution in [3.05, 3.63) is 0 Å². The zero-order chi connectivity index (χ0) is 6.57. The fraction of sp³-hybridized carbons (Fsp3) is 0.500. The van der Waals surface area contributed by atoms with Gasteiger partial charge in [0.05, 0.1) is 0 Å². The third kappa shape index (κ3) is 11.2. The number of hydrogen-bond donors (Lipinski definition) is 1. The van der Waals surface area contributed by atoms with E-state index in [1.54, 1.807) is 0 Å². The maximum absolute atomic E-state index is 9.86. The normalized spacial score (nSPS) is 7.22. The highest BCUT2D eigenvalue weighted by atomic mass is 27.0. The van der Waals surface area contributed by atoms with Gasteiger partial charge < -0.3 is 9.84 Å². The number of hydrogen-bond acceptors (Lipinski definition) is 3. The summed E-state index contributed by atoms with van der Waals surface area (Å²) in [6.07, 6.45) is 0. The van der Waals surface area contributed by atoms with E-state index >= 15 is 0 Å². The summed E-state index contributed by atoms with van der Waals surface area (Å²) in [6.45, 7) is 0.609. The summed E-state index contributed by atoms with van der Waals surface area (Å²) in [6, 6.07) is 0. The van der Waals surface area contributed by atoms with Crippen LogP contribution < -0.4 is 0 Å². The Bertz CT molecular complexity index is 97.1. The van der Waals surface area contributed by atoms with Gasteiger partial charge in [0, 0.05) is 6.92 Å². The van der Waals surface area contributed by atoms with Crippen LogP contribution in [0.1, 0.15) is 6.92 Å². The Morgan fingerprint density at radius 3 is 2.11 bits per heavy atom. The number of carbonyl (C=O) groups is 2. The van der Waals surface area contributed by atoms with E-state index in [0.29, 0.717) is 0 Å². The number of carbonyl (C=O) groups excluding carboxylic acids is 1. The average Bonchev–Trinajstić information content (AvgIpc) is 1.61. The number of carboxylic acid groups (broad SMARTS) is 1. The molecule has 0 atom stereocenters. The van der Waals surface area contributed by atoms with Gasteiger partial charge in [0.25, 0.3) is 0 Å². The molecular weight excluding hydrogens is 139 g/mol. The van der Waals surface area contributed by atoms with E-state index in [1.165, 1.54) is 0 Å². The van der Waals surface area contributed by atoms with Crippen molar-refractivity contribution in [2.75, 3.05) is 6.61 Å². The van der Waals surface area contributed by atoms with Crippen LogP contribution in [0.15, 0.2) is 0 Å². The monoisotopic (exact) mass is 148 g/mol. The van der Waals surface area contributed by atoms with Crippen LogP contribution in [0.3, 0.4) is 0 Å². The van der Waals surface area contributed by atoms with E-state index in [1.807, 2.05) is 0 Å². The highest BCUT2D eigenvalue weighted by molar-refractivity contribution is 5.75. The number of esters is 1. The van der Waals surface area contributed by atoms with Crippen molar-refractivity contribution in [2.45, 2.75) is 6.92 Å². The molecule has 0 amide bonds. The zero-order valence-electron chi connectivity index (χ0n) is 4.38. The Labute approximate surface area is 62.9 Å². The Balaban J connectivity index is 0. The van der Waals surface area contributed by atoms with Crippen LogP contribution in [0.25, 0.3) is 0 Å². The molecule has 0 bridgehead atoms. The Kier molecular flexibility index (Phi) is 7.03. The fourth-order valence-electron chi connectivity index (χ4n) is 0.163. The Morgan fingerprint density at radius 1 is 1.56 bits per heavy atom. The van der Waals surface area contributed by atoms with Crippen LogP contribution >= 0.6 is 0 Å². The van der Waals surface area contributed by atoms with Crippen molar-refractivity contribution in [3.63, 3.8) is 0 Å². The molecule has 0 spiro atoms.